The summed E-state index contributed by atoms with van der Waals surface area (Å²) in [4.78, 5) is 24.2. The normalized spacial score (nSPS) is 27.3. The van der Waals surface area contributed by atoms with Crippen LogP contribution >= 0.6 is 0 Å². The van der Waals surface area contributed by atoms with Gasteiger partial charge in [0.2, 0.25) is 5.91 Å². The van der Waals surface area contributed by atoms with Gasteiger partial charge in [0.1, 0.15) is 6.54 Å². The first-order chi connectivity index (χ1) is 8.39. The largest absolute Gasteiger partial charge is 0.480 e. The van der Waals surface area contributed by atoms with Crippen LogP contribution in [-0.4, -0.2) is 40.5 Å². The van der Waals surface area contributed by atoms with Crippen LogP contribution in [0.2, 0.25) is 0 Å². The number of carbonyl (C=O) groups is 2. The number of amides is 1. The third-order valence-electron chi connectivity index (χ3n) is 3.35. The molecule has 0 aromatic rings. The highest BCUT2D eigenvalue weighted by Gasteiger charge is 2.40. The predicted molar refractivity (Wildman–Crippen MR) is 67.6 cm³/mol. The van der Waals surface area contributed by atoms with E-state index in [0.29, 0.717) is 18.8 Å². The topological polar surface area (TPSA) is 83.6 Å². The number of hydrogen-bond acceptors (Lipinski definition) is 3. The first-order valence-corrected chi connectivity index (χ1v) is 6.12. The molecule has 3 N–H and O–H groups in total. The Kier molecular flexibility index (Phi) is 4.74. The third kappa shape index (κ3) is 3.47. The molecule has 5 heteroatoms. The molecule has 0 aliphatic heterocycles. The van der Waals surface area contributed by atoms with Gasteiger partial charge in [0.15, 0.2) is 0 Å². The molecule has 18 heavy (non-hydrogen) atoms. The van der Waals surface area contributed by atoms with Gasteiger partial charge in [-0.25, -0.2) is 0 Å². The van der Waals surface area contributed by atoms with E-state index in [1.54, 1.807) is 0 Å². The number of nitrogens with two attached hydrogens (primary N) is 1. The van der Waals surface area contributed by atoms with Crippen molar-refractivity contribution >= 4 is 11.9 Å². The van der Waals surface area contributed by atoms with Crippen molar-refractivity contribution in [3.8, 4) is 12.3 Å². The zero-order valence-electron chi connectivity index (χ0n) is 10.7. The summed E-state index contributed by atoms with van der Waals surface area (Å²) in [6.45, 7) is 1.64. The smallest absolute Gasteiger partial charge is 0.323 e. The van der Waals surface area contributed by atoms with E-state index in [1.165, 1.54) is 0 Å². The Balaban J connectivity index is 2.81. The molecule has 1 aliphatic carbocycles. The van der Waals surface area contributed by atoms with Crippen LogP contribution in [0.15, 0.2) is 0 Å². The first kappa shape index (κ1) is 14.5. The molecule has 0 saturated heterocycles. The molecule has 1 amide bonds. The van der Waals surface area contributed by atoms with Crippen molar-refractivity contribution in [3.63, 3.8) is 0 Å². The third-order valence-corrected chi connectivity index (χ3v) is 3.35. The molecule has 2 atom stereocenters. The van der Waals surface area contributed by atoms with Gasteiger partial charge in [-0.2, -0.15) is 0 Å². The summed E-state index contributed by atoms with van der Waals surface area (Å²) >= 11 is 0. The maximum atomic E-state index is 12.3. The minimum atomic E-state index is -1.08. The lowest BCUT2D eigenvalue weighted by Gasteiger charge is -2.38. The number of hydrogen-bond donors (Lipinski definition) is 2. The zero-order valence-corrected chi connectivity index (χ0v) is 10.7. The van der Waals surface area contributed by atoms with Gasteiger partial charge >= 0.3 is 5.97 Å². The van der Waals surface area contributed by atoms with Crippen LogP contribution in [0.4, 0.5) is 0 Å². The van der Waals surface area contributed by atoms with Crippen LogP contribution in [0.1, 0.15) is 32.6 Å². The fourth-order valence-corrected chi connectivity index (χ4v) is 2.57. The van der Waals surface area contributed by atoms with Gasteiger partial charge in [0.05, 0.1) is 12.1 Å². The number of carboxylic acids is 1. The Labute approximate surface area is 107 Å². The average molecular weight is 252 g/mol. The molecular formula is C13H20N2O3. The summed E-state index contributed by atoms with van der Waals surface area (Å²) in [7, 11) is 0. The number of rotatable bonds is 4. The minimum absolute atomic E-state index is 0.0154. The van der Waals surface area contributed by atoms with E-state index in [4.69, 9.17) is 17.3 Å². The molecule has 1 fully saturated rings. The van der Waals surface area contributed by atoms with Gasteiger partial charge in [-0.1, -0.05) is 25.7 Å². The van der Waals surface area contributed by atoms with Gasteiger partial charge in [-0.3, -0.25) is 9.59 Å². The Morgan fingerprint density at radius 3 is 2.78 bits per heavy atom. The standard InChI is InChI=1S/C13H20N2O3/c1-3-7-15(9-11(16)17)12(18)13(14)6-4-5-10(2)8-13/h1,10H,4-9,14H2,2H3,(H,16,17). The zero-order chi connectivity index (χ0) is 13.8. The van der Waals surface area contributed by atoms with Crippen molar-refractivity contribution in [1.82, 2.24) is 4.90 Å². The summed E-state index contributed by atoms with van der Waals surface area (Å²) in [6, 6.07) is 0. The second kappa shape index (κ2) is 5.87. The van der Waals surface area contributed by atoms with Crippen LogP contribution in [0.3, 0.4) is 0 Å². The van der Waals surface area contributed by atoms with E-state index < -0.39 is 18.1 Å². The summed E-state index contributed by atoms with van der Waals surface area (Å²) in [6.07, 6.45) is 8.29. The van der Waals surface area contributed by atoms with E-state index in [2.05, 4.69) is 12.8 Å². The fourth-order valence-electron chi connectivity index (χ4n) is 2.57. The van der Waals surface area contributed by atoms with E-state index >= 15 is 0 Å². The summed E-state index contributed by atoms with van der Waals surface area (Å²) in [5, 5.41) is 8.79. The molecule has 1 rings (SSSR count). The maximum absolute atomic E-state index is 12.3. The van der Waals surface area contributed by atoms with E-state index in [-0.39, 0.29) is 12.5 Å². The van der Waals surface area contributed by atoms with Crippen LogP contribution in [-0.2, 0) is 9.59 Å². The first-order valence-electron chi connectivity index (χ1n) is 6.12. The quantitative estimate of drug-likeness (QED) is 0.711. The van der Waals surface area contributed by atoms with Crippen molar-refractivity contribution < 1.29 is 14.7 Å². The molecule has 1 aliphatic rings. The second-order valence-corrected chi connectivity index (χ2v) is 5.12. The Morgan fingerprint density at radius 1 is 1.61 bits per heavy atom. The van der Waals surface area contributed by atoms with Gasteiger partial charge < -0.3 is 15.7 Å². The molecule has 0 aromatic heterocycles. The van der Waals surface area contributed by atoms with Crippen molar-refractivity contribution in [2.45, 2.75) is 38.1 Å². The van der Waals surface area contributed by atoms with Gasteiger partial charge in [-0.15, -0.1) is 6.42 Å². The van der Waals surface area contributed by atoms with Crippen LogP contribution < -0.4 is 5.73 Å². The highest BCUT2D eigenvalue weighted by Crippen LogP contribution is 2.31. The van der Waals surface area contributed by atoms with Crippen LogP contribution in [0, 0.1) is 18.3 Å². The molecule has 100 valence electrons. The number of terminal acetylenes is 1. The molecule has 0 radical (unpaired) electrons. The van der Waals surface area contributed by atoms with Crippen molar-refractivity contribution in [2.75, 3.05) is 13.1 Å². The molecule has 2 unspecified atom stereocenters. The molecule has 0 spiro atoms. The highest BCUT2D eigenvalue weighted by molar-refractivity contribution is 5.89. The number of carboxylic acid groups (broad SMARTS) is 1. The predicted octanol–water partition coefficient (Wildman–Crippen LogP) is 0.440. The number of aliphatic carboxylic acids is 1. The highest BCUT2D eigenvalue weighted by atomic mass is 16.4. The van der Waals surface area contributed by atoms with E-state index in [1.807, 2.05) is 0 Å². The van der Waals surface area contributed by atoms with Gasteiger partial charge in [0.25, 0.3) is 0 Å². The molecule has 1 saturated carbocycles. The Bertz CT molecular complexity index is 375. The Morgan fingerprint density at radius 2 is 2.28 bits per heavy atom. The number of carbonyl (C=O) groups excluding carboxylic acids is 1. The SMILES string of the molecule is C#CCN(CC(=O)O)C(=O)C1(N)CCCC(C)C1. The summed E-state index contributed by atoms with van der Waals surface area (Å²) < 4.78 is 0. The monoisotopic (exact) mass is 252 g/mol. The van der Waals surface area contributed by atoms with Crippen molar-refractivity contribution in [2.24, 2.45) is 11.7 Å². The molecule has 5 nitrogen and oxygen atoms in total. The fraction of sp³-hybridized carbons (Fsp3) is 0.692. The van der Waals surface area contributed by atoms with E-state index in [9.17, 15) is 9.59 Å². The van der Waals surface area contributed by atoms with Gasteiger partial charge in [-0.05, 0) is 18.8 Å². The molecule has 0 bridgehead atoms. The van der Waals surface area contributed by atoms with Crippen LogP contribution in [0.5, 0.6) is 0 Å². The van der Waals surface area contributed by atoms with Crippen molar-refractivity contribution in [1.29, 1.82) is 0 Å². The summed E-state index contributed by atoms with van der Waals surface area (Å²) in [5.41, 5.74) is 5.19. The lowest BCUT2D eigenvalue weighted by molar-refractivity contribution is -0.147. The van der Waals surface area contributed by atoms with Crippen molar-refractivity contribution in [3.05, 3.63) is 0 Å². The Hall–Kier alpha value is -1.54. The molecule has 0 aromatic carbocycles. The van der Waals surface area contributed by atoms with Gasteiger partial charge in [0, 0.05) is 0 Å². The maximum Gasteiger partial charge on any atom is 0.323 e. The molecule has 0 heterocycles. The lowest BCUT2D eigenvalue weighted by Crippen LogP contribution is -2.58. The lowest BCUT2D eigenvalue weighted by atomic mass is 9.76. The second-order valence-electron chi connectivity index (χ2n) is 5.12. The van der Waals surface area contributed by atoms with Crippen LogP contribution in [0.25, 0.3) is 0 Å². The summed E-state index contributed by atoms with van der Waals surface area (Å²) in [5.74, 6) is 1.27. The van der Waals surface area contributed by atoms with E-state index in [0.717, 1.165) is 17.7 Å². The number of nitrogens with zero attached hydrogens (tertiary/aromatic N) is 1. The average Bonchev–Trinajstić information content (AvgIpc) is 2.26. The minimum Gasteiger partial charge on any atom is -0.480 e. The molecular weight excluding hydrogens is 232 g/mol.